The molecule has 2 nitrogen and oxygen atoms in total. The van der Waals surface area contributed by atoms with Gasteiger partial charge in [0.15, 0.2) is 0 Å². The number of hydrogen-bond acceptors (Lipinski definition) is 1. The molecule has 16 heavy (non-hydrogen) atoms. The van der Waals surface area contributed by atoms with E-state index in [0.717, 1.165) is 5.56 Å². The fourth-order valence-corrected chi connectivity index (χ4v) is 1.19. The Hall–Kier alpha value is -1.78. The number of alkyl halides is 3. The number of benzene rings is 1. The van der Waals surface area contributed by atoms with Gasteiger partial charge in [0.2, 0.25) is 0 Å². The third-order valence-electron chi connectivity index (χ3n) is 1.94. The van der Waals surface area contributed by atoms with Gasteiger partial charge in [-0.3, -0.25) is 0 Å². The van der Waals surface area contributed by atoms with Crippen molar-refractivity contribution < 1.29 is 23.1 Å². The van der Waals surface area contributed by atoms with E-state index in [9.17, 15) is 18.0 Å². The summed E-state index contributed by atoms with van der Waals surface area (Å²) in [5.74, 6) is -1.62. The lowest BCUT2D eigenvalue weighted by atomic mass is 10.0. The summed E-state index contributed by atoms with van der Waals surface area (Å²) in [6, 6.07) is 5.49. The van der Waals surface area contributed by atoms with Gasteiger partial charge in [-0.1, -0.05) is 29.8 Å². The van der Waals surface area contributed by atoms with Crippen LogP contribution in [0.25, 0.3) is 5.57 Å². The Kier molecular flexibility index (Phi) is 3.37. The Morgan fingerprint density at radius 3 is 2.12 bits per heavy atom. The maximum atomic E-state index is 12.5. The molecule has 0 aromatic heterocycles. The number of carboxylic acid groups (broad SMARTS) is 1. The van der Waals surface area contributed by atoms with Crippen LogP contribution in [0, 0.1) is 6.92 Å². The molecule has 0 amide bonds. The molecule has 0 unspecified atom stereocenters. The molecule has 1 N–H and O–H groups in total. The average Bonchev–Trinajstić information content (AvgIpc) is 2.14. The van der Waals surface area contributed by atoms with Crippen molar-refractivity contribution in [2.24, 2.45) is 0 Å². The van der Waals surface area contributed by atoms with Crippen LogP contribution in [0.4, 0.5) is 13.2 Å². The highest BCUT2D eigenvalue weighted by Crippen LogP contribution is 2.33. The molecule has 0 radical (unpaired) electrons. The summed E-state index contributed by atoms with van der Waals surface area (Å²) in [6.07, 6.45) is -4.50. The van der Waals surface area contributed by atoms with Gasteiger partial charge in [0.1, 0.15) is 0 Å². The van der Waals surface area contributed by atoms with E-state index in [1.807, 2.05) is 0 Å². The maximum Gasteiger partial charge on any atom is 0.417 e. The number of allylic oxidation sites excluding steroid dienone is 1. The van der Waals surface area contributed by atoms with Crippen LogP contribution in [0.3, 0.4) is 0 Å². The highest BCUT2D eigenvalue weighted by molar-refractivity contribution is 5.91. The van der Waals surface area contributed by atoms with Gasteiger partial charge in [-0.2, -0.15) is 13.2 Å². The SMILES string of the molecule is Cc1ccc(C(=CC(=O)O)C(F)(F)F)cc1. The van der Waals surface area contributed by atoms with E-state index in [4.69, 9.17) is 5.11 Å². The zero-order valence-corrected chi connectivity index (χ0v) is 8.38. The molecular formula is C11H9F3O2. The molecule has 0 heterocycles. The van der Waals surface area contributed by atoms with Gasteiger partial charge in [0.05, 0.1) is 5.57 Å². The molecule has 86 valence electrons. The molecule has 0 spiro atoms. The topological polar surface area (TPSA) is 37.3 Å². The summed E-state index contributed by atoms with van der Waals surface area (Å²) >= 11 is 0. The van der Waals surface area contributed by atoms with E-state index >= 15 is 0 Å². The lowest BCUT2D eigenvalue weighted by Gasteiger charge is -2.11. The zero-order valence-electron chi connectivity index (χ0n) is 8.38. The van der Waals surface area contributed by atoms with E-state index in [-0.39, 0.29) is 11.6 Å². The van der Waals surface area contributed by atoms with Crippen molar-refractivity contribution in [3.05, 3.63) is 41.5 Å². The van der Waals surface area contributed by atoms with Gasteiger partial charge in [0, 0.05) is 6.08 Å². The van der Waals surface area contributed by atoms with Crippen molar-refractivity contribution >= 4 is 11.5 Å². The minimum absolute atomic E-state index is 0.152. The lowest BCUT2D eigenvalue weighted by Crippen LogP contribution is -2.12. The molecular weight excluding hydrogens is 221 g/mol. The van der Waals surface area contributed by atoms with Crippen LogP contribution in [0.2, 0.25) is 0 Å². The first kappa shape index (κ1) is 12.3. The second-order valence-corrected chi connectivity index (χ2v) is 3.26. The fourth-order valence-electron chi connectivity index (χ4n) is 1.19. The molecule has 0 aliphatic carbocycles. The number of carboxylic acids is 1. The predicted octanol–water partition coefficient (Wildman–Crippen LogP) is 3.03. The molecule has 0 aliphatic heterocycles. The smallest absolute Gasteiger partial charge is 0.417 e. The van der Waals surface area contributed by atoms with Crippen LogP contribution >= 0.6 is 0 Å². The number of hydrogen-bond donors (Lipinski definition) is 1. The molecule has 1 aromatic carbocycles. The first-order chi connectivity index (χ1) is 7.30. The number of aryl methyl sites for hydroxylation is 1. The Morgan fingerprint density at radius 1 is 1.25 bits per heavy atom. The van der Waals surface area contributed by atoms with Crippen LogP contribution < -0.4 is 0 Å². The predicted molar refractivity (Wildman–Crippen MR) is 52.8 cm³/mol. The van der Waals surface area contributed by atoms with Gasteiger partial charge < -0.3 is 5.11 Å². The van der Waals surface area contributed by atoms with E-state index < -0.39 is 17.7 Å². The second kappa shape index (κ2) is 4.38. The summed E-state index contributed by atoms with van der Waals surface area (Å²) in [7, 11) is 0. The highest BCUT2D eigenvalue weighted by atomic mass is 19.4. The van der Waals surface area contributed by atoms with Crippen LogP contribution in [-0.4, -0.2) is 17.3 Å². The molecule has 0 saturated carbocycles. The third-order valence-corrected chi connectivity index (χ3v) is 1.94. The molecule has 0 saturated heterocycles. The number of aliphatic carboxylic acids is 1. The molecule has 0 aliphatic rings. The Balaban J connectivity index is 3.23. The van der Waals surface area contributed by atoms with Crippen LogP contribution in [0.1, 0.15) is 11.1 Å². The minimum atomic E-state index is -4.67. The summed E-state index contributed by atoms with van der Waals surface area (Å²) in [5, 5.41) is 8.39. The summed E-state index contributed by atoms with van der Waals surface area (Å²) in [6.45, 7) is 1.73. The average molecular weight is 230 g/mol. The van der Waals surface area contributed by atoms with E-state index in [0.29, 0.717) is 0 Å². The van der Waals surface area contributed by atoms with Gasteiger partial charge in [-0.25, -0.2) is 4.79 Å². The van der Waals surface area contributed by atoms with E-state index in [1.165, 1.54) is 24.3 Å². The number of rotatable bonds is 2. The van der Waals surface area contributed by atoms with Crippen LogP contribution in [0.5, 0.6) is 0 Å². The van der Waals surface area contributed by atoms with Crippen molar-refractivity contribution in [3.8, 4) is 0 Å². The van der Waals surface area contributed by atoms with Crippen molar-refractivity contribution in [2.75, 3.05) is 0 Å². The summed E-state index contributed by atoms with van der Waals surface area (Å²) < 4.78 is 37.6. The molecule has 0 bridgehead atoms. The van der Waals surface area contributed by atoms with E-state index in [2.05, 4.69) is 0 Å². The zero-order chi connectivity index (χ0) is 12.3. The van der Waals surface area contributed by atoms with Crippen molar-refractivity contribution in [3.63, 3.8) is 0 Å². The summed E-state index contributed by atoms with van der Waals surface area (Å²) in [5.41, 5.74) is -0.499. The van der Waals surface area contributed by atoms with Crippen LogP contribution in [-0.2, 0) is 4.79 Å². The second-order valence-electron chi connectivity index (χ2n) is 3.26. The molecule has 1 rings (SSSR count). The van der Waals surface area contributed by atoms with Gasteiger partial charge in [0.25, 0.3) is 0 Å². The Morgan fingerprint density at radius 2 is 1.75 bits per heavy atom. The first-order valence-electron chi connectivity index (χ1n) is 4.39. The largest absolute Gasteiger partial charge is 0.478 e. The molecule has 5 heteroatoms. The minimum Gasteiger partial charge on any atom is -0.478 e. The van der Waals surface area contributed by atoms with E-state index in [1.54, 1.807) is 6.92 Å². The van der Waals surface area contributed by atoms with Gasteiger partial charge in [-0.05, 0) is 12.5 Å². The van der Waals surface area contributed by atoms with Gasteiger partial charge in [-0.15, -0.1) is 0 Å². The van der Waals surface area contributed by atoms with Crippen molar-refractivity contribution in [1.82, 2.24) is 0 Å². The molecule has 0 fully saturated rings. The quantitative estimate of drug-likeness (QED) is 0.793. The standard InChI is InChI=1S/C11H9F3O2/c1-7-2-4-8(5-3-7)9(6-10(15)16)11(12,13)14/h2-6H,1H3,(H,15,16). The Labute approximate surface area is 90.0 Å². The first-order valence-corrected chi connectivity index (χ1v) is 4.39. The van der Waals surface area contributed by atoms with Gasteiger partial charge >= 0.3 is 12.1 Å². The molecule has 1 aromatic rings. The van der Waals surface area contributed by atoms with Crippen molar-refractivity contribution in [1.29, 1.82) is 0 Å². The third kappa shape index (κ3) is 3.12. The van der Waals surface area contributed by atoms with Crippen molar-refractivity contribution in [2.45, 2.75) is 13.1 Å². The summed E-state index contributed by atoms with van der Waals surface area (Å²) in [4.78, 5) is 10.3. The van der Waals surface area contributed by atoms with Crippen LogP contribution in [0.15, 0.2) is 30.3 Å². The Bertz CT molecular complexity index is 416. The highest BCUT2D eigenvalue weighted by Gasteiger charge is 2.35. The molecule has 0 atom stereocenters. The number of halogens is 3. The number of carbonyl (C=O) groups is 1. The fraction of sp³-hybridized carbons (Fsp3) is 0.182. The monoisotopic (exact) mass is 230 g/mol. The normalized spacial score (nSPS) is 12.6. The maximum absolute atomic E-state index is 12.5. The lowest BCUT2D eigenvalue weighted by molar-refractivity contribution is -0.131.